The van der Waals surface area contributed by atoms with E-state index >= 15 is 0 Å². The van der Waals surface area contributed by atoms with Crippen LogP contribution in [0.4, 0.5) is 0 Å². The van der Waals surface area contributed by atoms with Crippen LogP contribution in [-0.2, 0) is 10.2 Å². The Morgan fingerprint density at radius 2 is 1.42 bits per heavy atom. The van der Waals surface area contributed by atoms with E-state index in [1.54, 1.807) is 0 Å². The third kappa shape index (κ3) is 3.69. The highest BCUT2D eigenvalue weighted by Crippen LogP contribution is 2.56. The summed E-state index contributed by atoms with van der Waals surface area (Å²) in [6.07, 6.45) is 9.24. The molecule has 1 nitrogen and oxygen atoms in total. The molecule has 0 saturated heterocycles. The van der Waals surface area contributed by atoms with Crippen LogP contribution in [0.25, 0.3) is 11.3 Å². The molecule has 132 valence electrons. The predicted octanol–water partition coefficient (Wildman–Crippen LogP) is 6.28. The van der Waals surface area contributed by atoms with Crippen LogP contribution in [0.2, 0.25) is 0 Å². The molecule has 2 rings (SSSR count). The highest BCUT2D eigenvalue weighted by atomic mass is 32.3. The summed E-state index contributed by atoms with van der Waals surface area (Å²) in [6, 6.07) is 11.1. The lowest BCUT2D eigenvalue weighted by atomic mass is 9.86. The zero-order valence-electron chi connectivity index (χ0n) is 16.8. The molecular weight excluding hydrogens is 310 g/mol. The lowest BCUT2D eigenvalue weighted by molar-refractivity contribution is 0.590. The summed E-state index contributed by atoms with van der Waals surface area (Å²) in [6.45, 7) is 13.7. The zero-order valence-corrected chi connectivity index (χ0v) is 17.6. The minimum absolute atomic E-state index is 0.165. The average Bonchev–Trinajstić information content (AvgIpc) is 2.45. The molecule has 24 heavy (non-hydrogen) atoms. The van der Waals surface area contributed by atoms with Gasteiger partial charge < -0.3 is 0 Å². The van der Waals surface area contributed by atoms with Crippen molar-refractivity contribution in [3.05, 3.63) is 53.2 Å². The molecule has 0 saturated carbocycles. The minimum atomic E-state index is -0.717. The molecule has 1 aromatic carbocycles. The Kier molecular flexibility index (Phi) is 4.94. The summed E-state index contributed by atoms with van der Waals surface area (Å²) >= 11 is 0. The summed E-state index contributed by atoms with van der Waals surface area (Å²) in [5.41, 5.74) is 6.52. The number of hydrogen-bond donors (Lipinski definition) is 0. The van der Waals surface area contributed by atoms with Gasteiger partial charge in [-0.2, -0.15) is 0 Å². The van der Waals surface area contributed by atoms with Crippen molar-refractivity contribution in [1.29, 1.82) is 0 Å². The largest absolute Gasteiger partial charge is 0.256 e. The van der Waals surface area contributed by atoms with Gasteiger partial charge in [0.05, 0.1) is 5.69 Å². The monoisotopic (exact) mass is 343 g/mol. The van der Waals surface area contributed by atoms with Gasteiger partial charge in [-0.3, -0.25) is 4.98 Å². The summed E-state index contributed by atoms with van der Waals surface area (Å²) in [7, 11) is -0.717. The fraction of sp³-hybridized carbons (Fsp3) is 0.500. The van der Waals surface area contributed by atoms with Crippen LogP contribution in [-0.4, -0.2) is 23.8 Å². The summed E-state index contributed by atoms with van der Waals surface area (Å²) in [5.74, 6) is 0. The molecule has 0 amide bonds. The third-order valence-electron chi connectivity index (χ3n) is 5.34. The van der Waals surface area contributed by atoms with Crippen LogP contribution in [0, 0.1) is 6.92 Å². The second-order valence-corrected chi connectivity index (χ2v) is 13.8. The maximum absolute atomic E-state index is 4.79. The van der Waals surface area contributed by atoms with Gasteiger partial charge in [0.2, 0.25) is 0 Å². The van der Waals surface area contributed by atoms with Gasteiger partial charge in [0.15, 0.2) is 0 Å². The number of benzene rings is 1. The third-order valence-corrected chi connectivity index (χ3v) is 8.62. The Hall–Kier alpha value is -1.28. The van der Waals surface area contributed by atoms with E-state index in [4.69, 9.17) is 4.98 Å². The topological polar surface area (TPSA) is 12.9 Å². The molecule has 0 spiro atoms. The van der Waals surface area contributed by atoms with Crippen molar-refractivity contribution < 1.29 is 0 Å². The molecule has 0 aliphatic carbocycles. The summed E-state index contributed by atoms with van der Waals surface area (Å²) < 4.78 is 0.165. The Bertz CT molecular complexity index is 713. The molecule has 0 radical (unpaired) electrons. The SMILES string of the molecule is Cc1cc(-c2ccc(C(C)(C)C)cc2)ncc1C(C)(C)S(C)(C)C. The van der Waals surface area contributed by atoms with Gasteiger partial charge in [0, 0.05) is 16.5 Å². The van der Waals surface area contributed by atoms with Gasteiger partial charge >= 0.3 is 0 Å². The van der Waals surface area contributed by atoms with Crippen molar-refractivity contribution in [2.24, 2.45) is 0 Å². The van der Waals surface area contributed by atoms with E-state index in [0.717, 1.165) is 5.69 Å². The Balaban J connectivity index is 2.40. The molecular formula is C22H33NS. The van der Waals surface area contributed by atoms with Gasteiger partial charge in [-0.25, -0.2) is 10.0 Å². The normalized spacial score (nSPS) is 13.9. The average molecular weight is 344 g/mol. The van der Waals surface area contributed by atoms with Crippen LogP contribution in [0.1, 0.15) is 51.3 Å². The number of aromatic nitrogens is 1. The Morgan fingerprint density at radius 1 is 0.875 bits per heavy atom. The van der Waals surface area contributed by atoms with Crippen LogP contribution in [0.15, 0.2) is 36.5 Å². The predicted molar refractivity (Wildman–Crippen MR) is 111 cm³/mol. The van der Waals surface area contributed by atoms with Crippen molar-refractivity contribution in [2.75, 3.05) is 18.8 Å². The molecule has 0 atom stereocenters. The van der Waals surface area contributed by atoms with Gasteiger partial charge in [-0.05, 0) is 67.7 Å². The molecule has 0 fully saturated rings. The van der Waals surface area contributed by atoms with E-state index in [1.807, 2.05) is 0 Å². The first-order chi connectivity index (χ1) is 10.8. The molecule has 0 bridgehead atoms. The minimum Gasteiger partial charge on any atom is -0.256 e. The molecule has 0 aliphatic rings. The van der Waals surface area contributed by atoms with Crippen molar-refractivity contribution in [3.8, 4) is 11.3 Å². The smallest absolute Gasteiger partial charge is 0.0704 e. The summed E-state index contributed by atoms with van der Waals surface area (Å²) in [5, 5.41) is 0. The van der Waals surface area contributed by atoms with Gasteiger partial charge in [0.1, 0.15) is 0 Å². The van der Waals surface area contributed by atoms with Crippen LogP contribution in [0.5, 0.6) is 0 Å². The molecule has 0 unspecified atom stereocenters. The number of rotatable bonds is 3. The first-order valence-electron chi connectivity index (χ1n) is 8.60. The van der Waals surface area contributed by atoms with E-state index < -0.39 is 10.0 Å². The molecule has 0 aliphatic heterocycles. The van der Waals surface area contributed by atoms with Gasteiger partial charge in [-0.1, -0.05) is 45.0 Å². The second kappa shape index (κ2) is 6.22. The highest BCUT2D eigenvalue weighted by Gasteiger charge is 2.32. The van der Waals surface area contributed by atoms with E-state index in [-0.39, 0.29) is 10.2 Å². The van der Waals surface area contributed by atoms with Crippen molar-refractivity contribution in [1.82, 2.24) is 4.98 Å². The van der Waals surface area contributed by atoms with Crippen molar-refractivity contribution >= 4 is 10.0 Å². The zero-order chi connectivity index (χ0) is 18.3. The number of hydrogen-bond acceptors (Lipinski definition) is 1. The first kappa shape index (κ1) is 19.1. The van der Waals surface area contributed by atoms with Crippen LogP contribution < -0.4 is 0 Å². The van der Waals surface area contributed by atoms with Crippen molar-refractivity contribution in [2.45, 2.75) is 51.7 Å². The molecule has 2 aromatic rings. The van der Waals surface area contributed by atoms with Crippen molar-refractivity contribution in [3.63, 3.8) is 0 Å². The fourth-order valence-electron chi connectivity index (χ4n) is 2.82. The standard InChI is InChI=1S/C22H33NS/c1-16-14-20(17-10-12-18(13-11-17)21(2,3)4)23-15-19(16)22(5,6)24(7,8)9/h10-15H,1-9H3. The van der Waals surface area contributed by atoms with Gasteiger partial charge in [-0.15, -0.1) is 0 Å². The fourth-order valence-corrected chi connectivity index (χ4v) is 3.69. The van der Waals surface area contributed by atoms with Crippen LogP contribution >= 0.6 is 10.0 Å². The second-order valence-electron chi connectivity index (χ2n) is 9.06. The van der Waals surface area contributed by atoms with E-state index in [1.165, 1.54) is 22.3 Å². The maximum atomic E-state index is 4.79. The maximum Gasteiger partial charge on any atom is 0.0704 e. The number of pyridine rings is 1. The lowest BCUT2D eigenvalue weighted by Crippen LogP contribution is -2.25. The lowest BCUT2D eigenvalue weighted by Gasteiger charge is -2.44. The summed E-state index contributed by atoms with van der Waals surface area (Å²) in [4.78, 5) is 4.79. The Labute approximate surface area is 150 Å². The van der Waals surface area contributed by atoms with E-state index in [9.17, 15) is 0 Å². The first-order valence-corrected chi connectivity index (χ1v) is 11.5. The molecule has 2 heteroatoms. The molecule has 1 aromatic heterocycles. The Morgan fingerprint density at radius 3 is 1.83 bits per heavy atom. The quantitative estimate of drug-likeness (QED) is 0.638. The van der Waals surface area contributed by atoms with Gasteiger partial charge in [0.25, 0.3) is 0 Å². The highest BCUT2D eigenvalue weighted by molar-refractivity contribution is 8.32. The molecule has 1 heterocycles. The van der Waals surface area contributed by atoms with Crippen LogP contribution in [0.3, 0.4) is 0 Å². The van der Waals surface area contributed by atoms with E-state index in [2.05, 4.69) is 96.8 Å². The number of aryl methyl sites for hydroxylation is 1. The van der Waals surface area contributed by atoms with E-state index in [0.29, 0.717) is 0 Å². The molecule has 0 N–H and O–H groups in total. The number of nitrogens with zero attached hydrogens (tertiary/aromatic N) is 1.